The summed E-state index contributed by atoms with van der Waals surface area (Å²) in [5, 5.41) is 2.47. The van der Waals surface area contributed by atoms with Crippen LogP contribution in [0.3, 0.4) is 0 Å². The number of halogens is 2. The van der Waals surface area contributed by atoms with E-state index in [4.69, 9.17) is 5.73 Å². The van der Waals surface area contributed by atoms with Gasteiger partial charge in [0.05, 0.1) is 13.1 Å². The van der Waals surface area contributed by atoms with Crippen molar-refractivity contribution in [2.45, 2.75) is 62.4 Å². The van der Waals surface area contributed by atoms with Gasteiger partial charge in [-0.25, -0.2) is 8.78 Å². The number of nitrogens with one attached hydrogen (secondary N) is 1. The van der Waals surface area contributed by atoms with Crippen LogP contribution in [0.5, 0.6) is 0 Å². The summed E-state index contributed by atoms with van der Waals surface area (Å²) in [5.74, 6) is -1.09. The number of carbonyl (C=O) groups excluding carboxylic acids is 3. The van der Waals surface area contributed by atoms with Gasteiger partial charge in [-0.05, 0) is 99.8 Å². The maximum atomic E-state index is 13.3. The van der Waals surface area contributed by atoms with Crippen LogP contribution in [0.1, 0.15) is 73.3 Å². The van der Waals surface area contributed by atoms with E-state index in [0.29, 0.717) is 43.1 Å². The van der Waals surface area contributed by atoms with E-state index in [9.17, 15) is 23.2 Å². The maximum Gasteiger partial charge on any atom is 1.00 e. The van der Waals surface area contributed by atoms with E-state index in [0.717, 1.165) is 77.1 Å². The predicted molar refractivity (Wildman–Crippen MR) is 199 cm³/mol. The second-order valence-electron chi connectivity index (χ2n) is 14.6. The molecule has 0 saturated carbocycles. The van der Waals surface area contributed by atoms with Gasteiger partial charge in [-0.1, -0.05) is 60.7 Å². The molecule has 4 saturated heterocycles. The van der Waals surface area contributed by atoms with Crippen LogP contribution in [0.2, 0.25) is 0 Å². The average Bonchev–Trinajstić information content (AvgIpc) is 3.89. The molecule has 4 aliphatic heterocycles. The number of benzene rings is 3. The van der Waals surface area contributed by atoms with Crippen LogP contribution >= 0.6 is 0 Å². The number of rotatable bonds is 8. The molecule has 0 aromatic heterocycles. The van der Waals surface area contributed by atoms with E-state index in [1.807, 2.05) is 11.0 Å². The first-order chi connectivity index (χ1) is 25.3. The van der Waals surface area contributed by atoms with Gasteiger partial charge in [0.15, 0.2) is 0 Å². The van der Waals surface area contributed by atoms with Crippen LogP contribution in [0.15, 0.2) is 78.9 Å². The molecule has 2 atom stereocenters. The molecule has 9 nitrogen and oxygen atoms in total. The molecule has 3 N–H and O–H groups in total. The number of hydrogen-bond acceptors (Lipinski definition) is 6. The third-order valence-electron chi connectivity index (χ3n) is 11.4. The van der Waals surface area contributed by atoms with Gasteiger partial charge < -0.3 is 22.3 Å². The molecule has 0 radical (unpaired) electrons. The van der Waals surface area contributed by atoms with Crippen LogP contribution in [0.25, 0.3) is 0 Å². The molecule has 53 heavy (non-hydrogen) atoms. The Morgan fingerprint density at radius 2 is 1.08 bits per heavy atom. The smallest absolute Gasteiger partial charge is 1.00 e. The molecular weight excluding hydrogens is 702 g/mol. The minimum Gasteiger partial charge on any atom is -1.00 e. The first-order valence-corrected chi connectivity index (χ1v) is 18.8. The Labute approximate surface area is 356 Å². The minimum atomic E-state index is -0.824. The van der Waals surface area contributed by atoms with E-state index >= 15 is 0 Å². The third kappa shape index (κ3) is 11.5. The molecule has 4 heterocycles. The summed E-state index contributed by atoms with van der Waals surface area (Å²) in [7, 11) is 0. The second-order valence-corrected chi connectivity index (χ2v) is 14.6. The molecule has 7 rings (SSSR count). The summed E-state index contributed by atoms with van der Waals surface area (Å²) in [6.45, 7) is 7.35. The first-order valence-electron chi connectivity index (χ1n) is 18.8. The zero-order chi connectivity index (χ0) is 36.5. The molecule has 3 aromatic carbocycles. The number of nitrogens with two attached hydrogens (primary N) is 1. The summed E-state index contributed by atoms with van der Waals surface area (Å²) in [5.41, 5.74) is 8.20. The van der Waals surface area contributed by atoms with Gasteiger partial charge in [0.1, 0.15) is 11.6 Å². The number of piperidine rings is 2. The van der Waals surface area contributed by atoms with Crippen molar-refractivity contribution in [1.29, 1.82) is 0 Å². The van der Waals surface area contributed by atoms with Crippen LogP contribution < -0.4 is 62.4 Å². The van der Waals surface area contributed by atoms with Crippen molar-refractivity contribution in [2.24, 2.45) is 5.73 Å². The normalized spacial score (nSPS) is 21.4. The summed E-state index contributed by atoms with van der Waals surface area (Å²) < 4.78 is 26.5. The topological polar surface area (TPSA) is 102 Å². The summed E-state index contributed by atoms with van der Waals surface area (Å²) >= 11 is 0. The van der Waals surface area contributed by atoms with Crippen molar-refractivity contribution >= 4 is 17.7 Å². The molecular formula is C41H53F2KN6O3. The molecule has 3 aromatic rings. The summed E-state index contributed by atoms with van der Waals surface area (Å²) in [6, 6.07) is 25.0. The Morgan fingerprint density at radius 1 is 0.642 bits per heavy atom. The average molecular weight is 755 g/mol. The monoisotopic (exact) mass is 754 g/mol. The largest absolute Gasteiger partial charge is 1.00 e. The second kappa shape index (κ2) is 20.4. The van der Waals surface area contributed by atoms with E-state index in [2.05, 4.69) is 69.7 Å². The summed E-state index contributed by atoms with van der Waals surface area (Å²) in [4.78, 5) is 45.0. The van der Waals surface area contributed by atoms with Crippen molar-refractivity contribution < 1.29 is 76.0 Å². The van der Waals surface area contributed by atoms with Crippen molar-refractivity contribution in [1.82, 2.24) is 24.9 Å². The van der Waals surface area contributed by atoms with Crippen LogP contribution in [-0.4, -0.2) is 115 Å². The Hall–Kier alpha value is -2.55. The Morgan fingerprint density at radius 3 is 1.51 bits per heavy atom. The zero-order valence-corrected chi connectivity index (χ0v) is 34.1. The van der Waals surface area contributed by atoms with Gasteiger partial charge >= 0.3 is 51.4 Å². The van der Waals surface area contributed by atoms with Crippen molar-refractivity contribution in [3.63, 3.8) is 0 Å². The fourth-order valence-corrected chi connectivity index (χ4v) is 8.36. The fourth-order valence-electron chi connectivity index (χ4n) is 8.36. The van der Waals surface area contributed by atoms with Gasteiger partial charge in [-0.2, -0.15) is 0 Å². The Bertz CT molecular complexity index is 1620. The molecule has 12 heteroatoms. The molecule has 0 spiro atoms. The molecule has 2 unspecified atom stereocenters. The molecule has 3 amide bonds. The predicted octanol–water partition coefficient (Wildman–Crippen LogP) is 1.72. The Kier molecular flexibility index (Phi) is 16.0. The number of nitrogens with zero attached hydrogens (tertiary/aromatic N) is 4. The van der Waals surface area contributed by atoms with Gasteiger partial charge in [0.2, 0.25) is 11.8 Å². The van der Waals surface area contributed by atoms with Crippen molar-refractivity contribution in [3.05, 3.63) is 107 Å². The number of carbonyl (C=O) groups is 3. The maximum absolute atomic E-state index is 13.3. The molecule has 4 fully saturated rings. The van der Waals surface area contributed by atoms with Crippen LogP contribution in [-0.2, 0) is 9.59 Å². The standard InChI is InChI=1S/C24H27F2N3O2.C17H25N3O.K.H/c25-20-12-19(13-21(26)14-20)24(31)27-15-23(30)29-11-8-22(16-29)28-9-6-18(7-10-28)17-4-2-1-3-5-17;18-12-17(21)20-11-8-16(13-20)19-9-6-15(7-10-19)14-4-2-1-3-5-14;;/h1-5,12-14,18,22H,6-11,15-16H2,(H,27,31);1-5,15-16H,6-13,18H2;;/q;;+1;-1. The van der Waals surface area contributed by atoms with E-state index in [1.165, 1.54) is 24.0 Å². The van der Waals surface area contributed by atoms with E-state index < -0.39 is 17.5 Å². The van der Waals surface area contributed by atoms with Gasteiger partial charge in [-0.15, -0.1) is 0 Å². The van der Waals surface area contributed by atoms with Crippen molar-refractivity contribution in [2.75, 3.05) is 65.4 Å². The number of amides is 3. The van der Waals surface area contributed by atoms with E-state index in [-0.39, 0.29) is 83.3 Å². The SMILES string of the molecule is NCC(=O)N1CCC(N2CCC(c3ccccc3)CC2)C1.O=C(NCC(=O)N1CCC(N2CCC(c3ccccc3)CC2)C1)c1cc(F)cc(F)c1.[H-].[K+]. The zero-order valence-electron chi connectivity index (χ0n) is 32.0. The summed E-state index contributed by atoms with van der Waals surface area (Å²) in [6.07, 6.45) is 6.71. The van der Waals surface area contributed by atoms with Crippen molar-refractivity contribution in [3.8, 4) is 0 Å². The minimum absolute atomic E-state index is 0. The number of hydrogen-bond donors (Lipinski definition) is 2. The Balaban J connectivity index is 0.000000248. The molecule has 0 bridgehead atoms. The van der Waals surface area contributed by atoms with Crippen LogP contribution in [0, 0.1) is 11.6 Å². The van der Waals surface area contributed by atoms with Gasteiger partial charge in [0, 0.05) is 49.9 Å². The van der Waals surface area contributed by atoms with Gasteiger partial charge in [0.25, 0.3) is 5.91 Å². The quantitative estimate of drug-likeness (QED) is 0.340. The molecule has 0 aliphatic carbocycles. The van der Waals surface area contributed by atoms with Gasteiger partial charge in [-0.3, -0.25) is 24.2 Å². The third-order valence-corrected chi connectivity index (χ3v) is 11.4. The van der Waals surface area contributed by atoms with Crippen LogP contribution in [0.4, 0.5) is 8.78 Å². The molecule has 4 aliphatic rings. The van der Waals surface area contributed by atoms with E-state index in [1.54, 1.807) is 4.90 Å². The molecule has 280 valence electrons. The first kappa shape index (κ1) is 41.6. The number of likely N-dealkylation sites (tertiary alicyclic amines) is 4. The fraction of sp³-hybridized carbons (Fsp3) is 0.488.